The maximum atomic E-state index is 4.67. The molecule has 0 spiro atoms. The van der Waals surface area contributed by atoms with E-state index in [9.17, 15) is 0 Å². The molecule has 0 radical (unpaired) electrons. The van der Waals surface area contributed by atoms with Crippen molar-refractivity contribution in [3.8, 4) is 10.4 Å². The molecule has 2 aliphatic rings. The van der Waals surface area contributed by atoms with Gasteiger partial charge < -0.3 is 0 Å². The number of para-hydroxylation sites is 1. The van der Waals surface area contributed by atoms with Crippen molar-refractivity contribution >= 4 is 23.2 Å². The minimum Gasteiger partial charge on any atom is -0.299 e. The van der Waals surface area contributed by atoms with Crippen LogP contribution in [0.15, 0.2) is 29.4 Å². The highest BCUT2D eigenvalue weighted by Gasteiger charge is 2.31. The van der Waals surface area contributed by atoms with Crippen LogP contribution in [0.25, 0.3) is 10.4 Å². The largest absolute Gasteiger partial charge is 0.299 e. The smallest absolute Gasteiger partial charge is 0.0987 e. The Kier molecular flexibility index (Phi) is 3.16. The molecular weight excluding hydrogens is 278 g/mol. The number of hydrogen-bond acceptors (Lipinski definition) is 4. The molecule has 4 rings (SSSR count). The standard InChI is InChI=1S/C17H19N3S/c1-11(2)20-9-13(10-20)17-19-8-15(21-17)14-5-3-4-12-6-7-18-16(12)14/h3-5,7-8,11,13H,6,9-10H2,1-2H3. The lowest BCUT2D eigenvalue weighted by atomic mass is 9.99. The second kappa shape index (κ2) is 5.04. The number of benzene rings is 1. The molecule has 3 heterocycles. The summed E-state index contributed by atoms with van der Waals surface area (Å²) in [6, 6.07) is 7.11. The number of nitrogens with zero attached hydrogens (tertiary/aromatic N) is 3. The number of fused-ring (bicyclic) bond motifs is 1. The van der Waals surface area contributed by atoms with Crippen molar-refractivity contribution in [2.75, 3.05) is 13.1 Å². The Hall–Kier alpha value is -1.52. The van der Waals surface area contributed by atoms with Gasteiger partial charge in [-0.3, -0.25) is 9.89 Å². The minimum absolute atomic E-state index is 0.617. The van der Waals surface area contributed by atoms with Crippen LogP contribution in [0.4, 0.5) is 5.69 Å². The zero-order valence-corrected chi connectivity index (χ0v) is 13.2. The first-order valence-electron chi connectivity index (χ1n) is 7.57. The van der Waals surface area contributed by atoms with Crippen LogP contribution >= 0.6 is 11.3 Å². The lowest BCUT2D eigenvalue weighted by molar-refractivity contribution is 0.110. The number of aliphatic imine (C=N–C) groups is 1. The maximum absolute atomic E-state index is 4.67. The molecule has 0 N–H and O–H groups in total. The van der Waals surface area contributed by atoms with Crippen molar-refractivity contribution in [1.29, 1.82) is 0 Å². The lowest BCUT2D eigenvalue weighted by Gasteiger charge is -2.41. The summed E-state index contributed by atoms with van der Waals surface area (Å²) >= 11 is 1.84. The zero-order chi connectivity index (χ0) is 14.4. The molecule has 1 aromatic carbocycles. The van der Waals surface area contributed by atoms with Gasteiger partial charge in [0, 0.05) is 49.4 Å². The third-order valence-corrected chi connectivity index (χ3v) is 5.62. The highest BCUT2D eigenvalue weighted by Crippen LogP contribution is 2.40. The average Bonchev–Trinajstić information content (AvgIpc) is 3.04. The van der Waals surface area contributed by atoms with Crippen molar-refractivity contribution in [1.82, 2.24) is 9.88 Å². The average molecular weight is 297 g/mol. The number of likely N-dealkylation sites (tertiary alicyclic amines) is 1. The van der Waals surface area contributed by atoms with Crippen LogP contribution in [0.5, 0.6) is 0 Å². The molecule has 1 saturated heterocycles. The molecule has 0 amide bonds. The van der Waals surface area contributed by atoms with E-state index in [0.29, 0.717) is 12.0 Å². The van der Waals surface area contributed by atoms with Crippen molar-refractivity contribution in [2.45, 2.75) is 32.2 Å². The molecule has 0 aliphatic carbocycles. The fourth-order valence-corrected chi connectivity index (χ4v) is 4.06. The van der Waals surface area contributed by atoms with Crippen molar-refractivity contribution in [2.24, 2.45) is 4.99 Å². The topological polar surface area (TPSA) is 28.5 Å². The van der Waals surface area contributed by atoms with Gasteiger partial charge in [-0.25, -0.2) is 4.98 Å². The highest BCUT2D eigenvalue weighted by molar-refractivity contribution is 7.15. The molecule has 1 fully saturated rings. The summed E-state index contributed by atoms with van der Waals surface area (Å²) in [4.78, 5) is 13.0. The lowest BCUT2D eigenvalue weighted by Crippen LogP contribution is -2.48. The third-order valence-electron chi connectivity index (χ3n) is 4.43. The molecule has 0 unspecified atom stereocenters. The molecule has 2 aromatic rings. The molecule has 3 nitrogen and oxygen atoms in total. The van der Waals surface area contributed by atoms with E-state index >= 15 is 0 Å². The predicted molar refractivity (Wildman–Crippen MR) is 88.9 cm³/mol. The van der Waals surface area contributed by atoms with Gasteiger partial charge >= 0.3 is 0 Å². The molecule has 0 atom stereocenters. The molecule has 2 aliphatic heterocycles. The second-order valence-corrected chi connectivity index (χ2v) is 7.20. The monoisotopic (exact) mass is 297 g/mol. The number of thiazole rings is 1. The summed E-state index contributed by atoms with van der Waals surface area (Å²) in [5.41, 5.74) is 3.72. The Labute approximate surface area is 129 Å². The summed E-state index contributed by atoms with van der Waals surface area (Å²) in [5.74, 6) is 0.617. The quantitative estimate of drug-likeness (QED) is 0.860. The van der Waals surface area contributed by atoms with Crippen LogP contribution < -0.4 is 0 Å². The van der Waals surface area contributed by atoms with Gasteiger partial charge in [-0.15, -0.1) is 11.3 Å². The summed E-state index contributed by atoms with van der Waals surface area (Å²) in [5, 5.41) is 1.28. The molecule has 0 bridgehead atoms. The number of hydrogen-bond donors (Lipinski definition) is 0. The van der Waals surface area contributed by atoms with E-state index in [-0.39, 0.29) is 0 Å². The Balaban J connectivity index is 1.59. The second-order valence-electron chi connectivity index (χ2n) is 6.14. The normalized spacial score (nSPS) is 18.2. The van der Waals surface area contributed by atoms with Crippen LogP contribution in [0.1, 0.15) is 30.3 Å². The van der Waals surface area contributed by atoms with Gasteiger partial charge in [0.05, 0.1) is 15.6 Å². The van der Waals surface area contributed by atoms with Gasteiger partial charge in [-0.1, -0.05) is 18.2 Å². The van der Waals surface area contributed by atoms with Gasteiger partial charge in [-0.2, -0.15) is 0 Å². The molecule has 4 heteroatoms. The summed E-state index contributed by atoms with van der Waals surface area (Å²) in [6.07, 6.45) is 4.99. The van der Waals surface area contributed by atoms with Gasteiger partial charge in [0.25, 0.3) is 0 Å². The Morgan fingerprint density at radius 2 is 2.14 bits per heavy atom. The van der Waals surface area contributed by atoms with Crippen molar-refractivity contribution in [3.63, 3.8) is 0 Å². The SMILES string of the molecule is CC(C)N1CC(c2ncc(-c3cccc4c3N=CC4)s2)C1. The minimum atomic E-state index is 0.617. The first-order valence-corrected chi connectivity index (χ1v) is 8.38. The van der Waals surface area contributed by atoms with Crippen molar-refractivity contribution < 1.29 is 0 Å². The first kappa shape index (κ1) is 13.2. The van der Waals surface area contributed by atoms with Gasteiger partial charge in [-0.05, 0) is 19.4 Å². The van der Waals surface area contributed by atoms with Gasteiger partial charge in [0.2, 0.25) is 0 Å². The fraction of sp³-hybridized carbons (Fsp3) is 0.412. The van der Waals surface area contributed by atoms with Crippen LogP contribution in [0.3, 0.4) is 0 Å². The van der Waals surface area contributed by atoms with Crippen LogP contribution in [-0.2, 0) is 6.42 Å². The summed E-state index contributed by atoms with van der Waals surface area (Å²) < 4.78 is 0. The van der Waals surface area contributed by atoms with Gasteiger partial charge in [0.1, 0.15) is 0 Å². The van der Waals surface area contributed by atoms with Crippen molar-refractivity contribution in [3.05, 3.63) is 35.0 Å². The van der Waals surface area contributed by atoms with E-state index in [0.717, 1.165) is 25.2 Å². The molecular formula is C17H19N3S. The molecule has 21 heavy (non-hydrogen) atoms. The number of rotatable bonds is 3. The zero-order valence-electron chi connectivity index (χ0n) is 12.4. The Morgan fingerprint density at radius 3 is 2.95 bits per heavy atom. The van der Waals surface area contributed by atoms with E-state index in [1.807, 2.05) is 23.7 Å². The molecule has 0 saturated carbocycles. The first-order chi connectivity index (χ1) is 10.2. The van der Waals surface area contributed by atoms with Crippen LogP contribution in [0, 0.1) is 0 Å². The predicted octanol–water partition coefficient (Wildman–Crippen LogP) is 3.88. The number of aromatic nitrogens is 1. The van der Waals surface area contributed by atoms with E-state index in [4.69, 9.17) is 0 Å². The van der Waals surface area contributed by atoms with E-state index < -0.39 is 0 Å². The van der Waals surface area contributed by atoms with Gasteiger partial charge in [0.15, 0.2) is 0 Å². The molecule has 1 aromatic heterocycles. The van der Waals surface area contributed by atoms with E-state index in [1.54, 1.807) is 0 Å². The highest BCUT2D eigenvalue weighted by atomic mass is 32.1. The molecule has 108 valence electrons. The van der Waals surface area contributed by atoms with E-state index in [2.05, 4.69) is 46.9 Å². The van der Waals surface area contributed by atoms with Crippen LogP contribution in [0.2, 0.25) is 0 Å². The maximum Gasteiger partial charge on any atom is 0.0987 e. The summed E-state index contributed by atoms with van der Waals surface area (Å²) in [6.45, 7) is 6.81. The summed E-state index contributed by atoms with van der Waals surface area (Å²) in [7, 11) is 0. The Bertz CT molecular complexity index is 696. The Morgan fingerprint density at radius 1 is 1.29 bits per heavy atom. The third kappa shape index (κ3) is 2.23. The fourth-order valence-electron chi connectivity index (χ4n) is 3.03. The van der Waals surface area contributed by atoms with Crippen LogP contribution in [-0.4, -0.2) is 35.2 Å². The van der Waals surface area contributed by atoms with E-state index in [1.165, 1.54) is 21.0 Å².